The minimum atomic E-state index is -1.38. The molecule has 1 saturated carbocycles. The number of aliphatic hydroxyl groups is 2. The number of aliphatic carboxylic acids is 1. The zero-order valence-corrected chi connectivity index (χ0v) is 16.6. The topological polar surface area (TPSA) is 94.8 Å². The molecule has 0 saturated heterocycles. The molecule has 4 atom stereocenters. The Balaban J connectivity index is 2.49. The molecule has 0 heterocycles. The third-order valence-electron chi connectivity index (χ3n) is 5.07. The largest absolute Gasteiger partial charge is 0.479 e. The quantitative estimate of drug-likeness (QED) is 0.322. The minimum Gasteiger partial charge on any atom is -0.479 e. The van der Waals surface area contributed by atoms with Crippen molar-refractivity contribution in [2.75, 3.05) is 0 Å². The van der Waals surface area contributed by atoms with Gasteiger partial charge in [0.05, 0.1) is 0 Å². The van der Waals surface area contributed by atoms with Crippen LogP contribution in [0.4, 0.5) is 4.39 Å². The minimum absolute atomic E-state index is 0.0377. The molecule has 1 aliphatic carbocycles. The van der Waals surface area contributed by atoms with E-state index in [1.54, 1.807) is 12.2 Å². The van der Waals surface area contributed by atoms with Crippen LogP contribution in [0.5, 0.6) is 0 Å². The maximum absolute atomic E-state index is 13.9. The predicted molar refractivity (Wildman–Crippen MR) is 106 cm³/mol. The van der Waals surface area contributed by atoms with E-state index in [0.717, 1.165) is 19.3 Å². The second kappa shape index (κ2) is 13.4. The summed E-state index contributed by atoms with van der Waals surface area (Å²) in [6.07, 6.45) is 11.4. The summed E-state index contributed by atoms with van der Waals surface area (Å²) in [5, 5.41) is 27.8. The number of carboxylic acids is 1. The Bertz CT molecular complexity index is 581. The van der Waals surface area contributed by atoms with E-state index in [2.05, 4.69) is 6.92 Å². The van der Waals surface area contributed by atoms with Crippen molar-refractivity contribution in [1.82, 2.24) is 0 Å². The molecule has 0 aliphatic heterocycles. The molecule has 158 valence electrons. The summed E-state index contributed by atoms with van der Waals surface area (Å²) >= 11 is 0. The van der Waals surface area contributed by atoms with Gasteiger partial charge >= 0.3 is 5.97 Å². The number of unbranched alkanes of at least 4 members (excludes halogenated alkanes) is 3. The number of aliphatic hydroxyl groups excluding tert-OH is 2. The zero-order valence-electron chi connectivity index (χ0n) is 16.6. The van der Waals surface area contributed by atoms with E-state index in [4.69, 9.17) is 5.11 Å². The maximum atomic E-state index is 13.9. The maximum Gasteiger partial charge on any atom is 0.332 e. The molecule has 0 aromatic rings. The molecule has 0 aromatic carbocycles. The van der Waals surface area contributed by atoms with Crippen molar-refractivity contribution >= 4 is 11.8 Å². The van der Waals surface area contributed by atoms with Crippen molar-refractivity contribution < 1.29 is 29.3 Å². The van der Waals surface area contributed by atoms with E-state index in [0.29, 0.717) is 32.1 Å². The monoisotopic (exact) mass is 396 g/mol. The van der Waals surface area contributed by atoms with Crippen LogP contribution < -0.4 is 0 Å². The Morgan fingerprint density at radius 3 is 2.68 bits per heavy atom. The number of ketones is 1. The second-order valence-electron chi connectivity index (χ2n) is 7.33. The van der Waals surface area contributed by atoms with Gasteiger partial charge in [0.25, 0.3) is 0 Å². The first-order valence-corrected chi connectivity index (χ1v) is 10.2. The SMILES string of the molecule is CCCCCC=C(F)[C@H](O)C=C[C@H]1CCC(=O)[C@@H]1CC=CCCC(O)C(=O)O. The van der Waals surface area contributed by atoms with Crippen molar-refractivity contribution in [3.8, 4) is 0 Å². The average Bonchev–Trinajstić information content (AvgIpc) is 3.02. The molecule has 3 N–H and O–H groups in total. The van der Waals surface area contributed by atoms with Crippen LogP contribution >= 0.6 is 0 Å². The summed E-state index contributed by atoms with van der Waals surface area (Å²) in [5.41, 5.74) is 0. The predicted octanol–water partition coefficient (Wildman–Crippen LogP) is 4.10. The highest BCUT2D eigenvalue weighted by atomic mass is 19.1. The molecule has 0 radical (unpaired) electrons. The van der Waals surface area contributed by atoms with Crippen molar-refractivity contribution in [3.05, 3.63) is 36.2 Å². The van der Waals surface area contributed by atoms with Crippen molar-refractivity contribution in [3.63, 3.8) is 0 Å². The smallest absolute Gasteiger partial charge is 0.332 e. The summed E-state index contributed by atoms with van der Waals surface area (Å²) < 4.78 is 13.9. The van der Waals surface area contributed by atoms with Crippen LogP contribution in [0.25, 0.3) is 0 Å². The Morgan fingerprint density at radius 1 is 1.25 bits per heavy atom. The van der Waals surface area contributed by atoms with Gasteiger partial charge < -0.3 is 15.3 Å². The van der Waals surface area contributed by atoms with Crippen LogP contribution in [0, 0.1) is 11.8 Å². The summed E-state index contributed by atoms with van der Waals surface area (Å²) in [6, 6.07) is 0. The number of halogens is 1. The highest BCUT2D eigenvalue weighted by Gasteiger charge is 2.32. The van der Waals surface area contributed by atoms with Gasteiger partial charge in [-0.1, -0.05) is 44.1 Å². The molecule has 0 aromatic heterocycles. The van der Waals surface area contributed by atoms with Crippen LogP contribution in [0.2, 0.25) is 0 Å². The van der Waals surface area contributed by atoms with E-state index in [1.807, 2.05) is 6.08 Å². The van der Waals surface area contributed by atoms with Crippen molar-refractivity contribution in [2.24, 2.45) is 11.8 Å². The Hall–Kier alpha value is -1.79. The molecule has 28 heavy (non-hydrogen) atoms. The molecule has 1 unspecified atom stereocenters. The third kappa shape index (κ3) is 8.93. The van der Waals surface area contributed by atoms with Crippen LogP contribution in [0.1, 0.15) is 64.7 Å². The summed E-state index contributed by atoms with van der Waals surface area (Å²) in [5.74, 6) is -1.89. The lowest BCUT2D eigenvalue weighted by atomic mass is 9.91. The van der Waals surface area contributed by atoms with E-state index in [-0.39, 0.29) is 24.0 Å². The number of carboxylic acid groups (broad SMARTS) is 1. The molecular formula is C22H33FO5. The Labute approximate surface area is 166 Å². The third-order valence-corrected chi connectivity index (χ3v) is 5.07. The number of allylic oxidation sites excluding steroid dienone is 4. The fourth-order valence-corrected chi connectivity index (χ4v) is 3.30. The summed E-state index contributed by atoms with van der Waals surface area (Å²) in [4.78, 5) is 22.6. The van der Waals surface area contributed by atoms with Gasteiger partial charge in [0, 0.05) is 12.3 Å². The lowest BCUT2D eigenvalue weighted by Gasteiger charge is -2.13. The number of hydrogen-bond donors (Lipinski definition) is 3. The van der Waals surface area contributed by atoms with Gasteiger partial charge in [0.2, 0.25) is 0 Å². The van der Waals surface area contributed by atoms with E-state index in [9.17, 15) is 24.2 Å². The fraction of sp³-hybridized carbons (Fsp3) is 0.636. The zero-order chi connectivity index (χ0) is 20.9. The highest BCUT2D eigenvalue weighted by molar-refractivity contribution is 5.83. The molecule has 0 amide bonds. The fourth-order valence-electron chi connectivity index (χ4n) is 3.30. The number of Topliss-reactive ketones (excluding diaryl/α,β-unsaturated/α-hetero) is 1. The molecule has 6 heteroatoms. The second-order valence-corrected chi connectivity index (χ2v) is 7.33. The number of carbonyl (C=O) groups excluding carboxylic acids is 1. The van der Waals surface area contributed by atoms with Gasteiger partial charge in [-0.2, -0.15) is 0 Å². The van der Waals surface area contributed by atoms with E-state index < -0.39 is 24.0 Å². The summed E-state index contributed by atoms with van der Waals surface area (Å²) in [7, 11) is 0. The van der Waals surface area contributed by atoms with Crippen LogP contribution in [0.3, 0.4) is 0 Å². The molecule has 0 bridgehead atoms. The van der Waals surface area contributed by atoms with Gasteiger partial charge in [-0.3, -0.25) is 4.79 Å². The molecule has 5 nitrogen and oxygen atoms in total. The standard InChI is InChI=1S/C22H33FO5/c1-2-3-4-7-10-18(23)20(25)15-13-16-12-14-19(24)17(16)9-6-5-8-11-21(26)22(27)28/h5-6,10,13,15-17,20-21,25-26H,2-4,7-9,11-12,14H2,1H3,(H,27,28)/t16-,17-,20-,21?/m1/s1. The Kier molecular flexibility index (Phi) is 11.6. The molecule has 0 spiro atoms. The first-order valence-electron chi connectivity index (χ1n) is 10.2. The van der Waals surface area contributed by atoms with Gasteiger partial charge in [-0.05, 0) is 50.5 Å². The molecular weight excluding hydrogens is 363 g/mol. The van der Waals surface area contributed by atoms with Crippen molar-refractivity contribution in [1.29, 1.82) is 0 Å². The van der Waals surface area contributed by atoms with E-state index in [1.165, 1.54) is 12.2 Å². The van der Waals surface area contributed by atoms with Crippen molar-refractivity contribution in [2.45, 2.75) is 76.9 Å². The lowest BCUT2D eigenvalue weighted by Crippen LogP contribution is -2.18. The van der Waals surface area contributed by atoms with Gasteiger partial charge in [-0.15, -0.1) is 0 Å². The lowest BCUT2D eigenvalue weighted by molar-refractivity contribution is -0.146. The molecule has 1 aliphatic rings. The van der Waals surface area contributed by atoms with Crippen LogP contribution in [-0.4, -0.2) is 39.3 Å². The highest BCUT2D eigenvalue weighted by Crippen LogP contribution is 2.33. The Morgan fingerprint density at radius 2 is 2.00 bits per heavy atom. The normalized spacial score (nSPS) is 23.0. The number of hydrogen-bond acceptors (Lipinski definition) is 4. The van der Waals surface area contributed by atoms with Crippen LogP contribution in [-0.2, 0) is 9.59 Å². The number of carbonyl (C=O) groups is 2. The first kappa shape index (κ1) is 24.2. The van der Waals surface area contributed by atoms with Gasteiger partial charge in [0.15, 0.2) is 6.10 Å². The van der Waals surface area contributed by atoms with Gasteiger partial charge in [0.1, 0.15) is 17.7 Å². The molecule has 1 fully saturated rings. The summed E-state index contributed by atoms with van der Waals surface area (Å²) in [6.45, 7) is 2.07. The van der Waals surface area contributed by atoms with Gasteiger partial charge in [-0.25, -0.2) is 9.18 Å². The molecule has 1 rings (SSSR count). The average molecular weight is 396 g/mol. The first-order chi connectivity index (χ1) is 13.4. The van der Waals surface area contributed by atoms with E-state index >= 15 is 0 Å². The van der Waals surface area contributed by atoms with Crippen LogP contribution in [0.15, 0.2) is 36.2 Å². The number of rotatable bonds is 13.